The van der Waals surface area contributed by atoms with E-state index in [4.69, 9.17) is 14.7 Å². The van der Waals surface area contributed by atoms with E-state index in [-0.39, 0.29) is 0 Å². The van der Waals surface area contributed by atoms with E-state index in [9.17, 15) is 0 Å². The van der Waals surface area contributed by atoms with Crippen LogP contribution in [-0.2, 0) is 17.6 Å². The number of aryl methyl sites for hydroxylation is 2. The summed E-state index contributed by atoms with van der Waals surface area (Å²) in [7, 11) is 4.27. The predicted molar refractivity (Wildman–Crippen MR) is 86.1 cm³/mol. The second kappa shape index (κ2) is 5.46. The normalized spacial score (nSPS) is 33.3. The van der Waals surface area contributed by atoms with Crippen LogP contribution in [0.2, 0.25) is 0 Å². The molecular weight excluding hydrogens is 276 g/mol. The van der Waals surface area contributed by atoms with Gasteiger partial charge < -0.3 is 15.0 Å². The molecule has 1 saturated carbocycles. The van der Waals surface area contributed by atoms with Crippen molar-refractivity contribution in [1.82, 2.24) is 14.9 Å². The third-order valence-electron chi connectivity index (χ3n) is 5.63. The van der Waals surface area contributed by atoms with Gasteiger partial charge in [0.1, 0.15) is 0 Å². The highest BCUT2D eigenvalue weighted by Crippen LogP contribution is 2.42. The predicted octanol–water partition coefficient (Wildman–Crippen LogP) is 1.79. The maximum Gasteiger partial charge on any atom is 0.223 e. The number of hydrogen-bond acceptors (Lipinski definition) is 5. The van der Waals surface area contributed by atoms with E-state index in [2.05, 4.69) is 31.2 Å². The monoisotopic (exact) mass is 302 g/mol. The molecule has 1 aromatic heterocycles. The van der Waals surface area contributed by atoms with Crippen molar-refractivity contribution in [2.75, 3.05) is 26.0 Å². The number of hydrogen-bond donors (Lipinski definition) is 1. The Morgan fingerprint density at radius 3 is 2.82 bits per heavy atom. The first kappa shape index (κ1) is 14.4. The fraction of sp³-hybridized carbons (Fsp3) is 0.765. The first-order chi connectivity index (χ1) is 10.6. The highest BCUT2D eigenvalue weighted by Gasteiger charge is 2.55. The lowest BCUT2D eigenvalue weighted by atomic mass is 9.71. The van der Waals surface area contributed by atoms with Crippen LogP contribution >= 0.6 is 0 Å². The van der Waals surface area contributed by atoms with Gasteiger partial charge in [0.25, 0.3) is 0 Å². The van der Waals surface area contributed by atoms with E-state index in [1.807, 2.05) is 0 Å². The Bertz CT molecular complexity index is 574. The first-order valence-corrected chi connectivity index (χ1v) is 8.56. The van der Waals surface area contributed by atoms with Crippen molar-refractivity contribution in [2.45, 2.75) is 57.2 Å². The van der Waals surface area contributed by atoms with Crippen molar-refractivity contribution >= 4 is 5.95 Å². The molecule has 1 saturated heterocycles. The minimum Gasteiger partial charge on any atom is -0.376 e. The van der Waals surface area contributed by atoms with Gasteiger partial charge in [0, 0.05) is 23.9 Å². The summed E-state index contributed by atoms with van der Waals surface area (Å²) < 4.78 is 5.89. The number of rotatable bonds is 3. The van der Waals surface area contributed by atoms with Crippen molar-refractivity contribution in [3.05, 3.63) is 17.0 Å². The van der Waals surface area contributed by atoms with E-state index in [0.29, 0.717) is 24.1 Å². The molecule has 2 fully saturated rings. The van der Waals surface area contributed by atoms with Gasteiger partial charge in [-0.1, -0.05) is 0 Å². The fourth-order valence-corrected chi connectivity index (χ4v) is 4.48. The van der Waals surface area contributed by atoms with Crippen LogP contribution in [0.4, 0.5) is 5.95 Å². The Morgan fingerprint density at radius 1 is 1.18 bits per heavy atom. The van der Waals surface area contributed by atoms with E-state index in [1.54, 1.807) is 0 Å². The van der Waals surface area contributed by atoms with Crippen LogP contribution in [0.3, 0.4) is 0 Å². The van der Waals surface area contributed by atoms with Gasteiger partial charge in [-0.3, -0.25) is 0 Å². The summed E-state index contributed by atoms with van der Waals surface area (Å²) in [5, 5.41) is 3.63. The van der Waals surface area contributed by atoms with Crippen LogP contribution in [0, 0.1) is 12.8 Å². The number of likely N-dealkylation sites (N-methyl/N-ethyl adjacent to an activating group) is 1. The Labute approximate surface area is 132 Å². The molecule has 22 heavy (non-hydrogen) atoms. The fourth-order valence-electron chi connectivity index (χ4n) is 4.48. The molecule has 0 amide bonds. The van der Waals surface area contributed by atoms with Gasteiger partial charge in [-0.25, -0.2) is 9.97 Å². The summed E-state index contributed by atoms with van der Waals surface area (Å²) in [5.41, 5.74) is 3.81. The zero-order valence-corrected chi connectivity index (χ0v) is 13.8. The van der Waals surface area contributed by atoms with Gasteiger partial charge in [0.05, 0.1) is 18.2 Å². The van der Waals surface area contributed by atoms with Crippen LogP contribution in [0.15, 0.2) is 0 Å². The molecule has 0 spiro atoms. The maximum atomic E-state index is 5.89. The molecule has 0 bridgehead atoms. The molecule has 3 aliphatic rings. The van der Waals surface area contributed by atoms with Crippen molar-refractivity contribution in [2.24, 2.45) is 5.92 Å². The van der Waals surface area contributed by atoms with Crippen LogP contribution in [-0.4, -0.2) is 53.8 Å². The van der Waals surface area contributed by atoms with Crippen LogP contribution in [0.1, 0.15) is 36.2 Å². The highest BCUT2D eigenvalue weighted by atomic mass is 16.5. The Kier molecular flexibility index (Phi) is 3.57. The van der Waals surface area contributed by atoms with Crippen LogP contribution in [0.25, 0.3) is 0 Å². The third kappa shape index (κ3) is 2.22. The molecule has 2 aliphatic carbocycles. The molecule has 120 valence electrons. The highest BCUT2D eigenvalue weighted by molar-refractivity contribution is 5.38. The zero-order valence-electron chi connectivity index (χ0n) is 13.8. The smallest absolute Gasteiger partial charge is 0.223 e. The van der Waals surface area contributed by atoms with E-state index in [1.165, 1.54) is 24.1 Å². The molecule has 1 aliphatic heterocycles. The average Bonchev–Trinajstić information content (AvgIpc) is 2.88. The van der Waals surface area contributed by atoms with Gasteiger partial charge in [0.15, 0.2) is 0 Å². The molecule has 5 heteroatoms. The molecule has 1 N–H and O–H groups in total. The number of nitrogens with one attached hydrogen (secondary N) is 1. The van der Waals surface area contributed by atoms with Crippen molar-refractivity contribution < 1.29 is 4.74 Å². The lowest BCUT2D eigenvalue weighted by Crippen LogP contribution is -2.66. The van der Waals surface area contributed by atoms with Gasteiger partial charge in [-0.2, -0.15) is 0 Å². The molecule has 5 nitrogen and oxygen atoms in total. The standard InChI is InChI=1S/C17H26N4O/c1-10-11-6-4-5-7-13(11)19-17(18-10)20-14-12-8-9-22-16(12)15(14)21(2)3/h12,14-16H,4-9H2,1-3H3,(H,18,19,20)/t12-,14+,15-,16-/m1/s1. The van der Waals surface area contributed by atoms with Crippen molar-refractivity contribution in [1.29, 1.82) is 0 Å². The topological polar surface area (TPSA) is 50.3 Å². The second-order valence-corrected chi connectivity index (χ2v) is 7.18. The van der Waals surface area contributed by atoms with Crippen molar-refractivity contribution in [3.63, 3.8) is 0 Å². The molecule has 1 aromatic rings. The second-order valence-electron chi connectivity index (χ2n) is 7.18. The summed E-state index contributed by atoms with van der Waals surface area (Å²) in [5.74, 6) is 1.42. The summed E-state index contributed by atoms with van der Waals surface area (Å²) in [6, 6.07) is 0.830. The number of aromatic nitrogens is 2. The van der Waals surface area contributed by atoms with Crippen LogP contribution < -0.4 is 5.32 Å². The minimum atomic E-state index is 0.381. The van der Waals surface area contributed by atoms with Gasteiger partial charge in [-0.05, 0) is 58.7 Å². The number of ether oxygens (including phenoxy) is 1. The Balaban J connectivity index is 1.57. The van der Waals surface area contributed by atoms with E-state index >= 15 is 0 Å². The average molecular weight is 302 g/mol. The number of nitrogens with zero attached hydrogens (tertiary/aromatic N) is 3. The number of anilines is 1. The quantitative estimate of drug-likeness (QED) is 0.922. The van der Waals surface area contributed by atoms with Crippen LogP contribution in [0.5, 0.6) is 0 Å². The van der Waals surface area contributed by atoms with Gasteiger partial charge in [-0.15, -0.1) is 0 Å². The molecule has 0 radical (unpaired) electrons. The first-order valence-electron chi connectivity index (χ1n) is 8.56. The molecule has 2 heterocycles. The van der Waals surface area contributed by atoms with E-state index < -0.39 is 0 Å². The molecule has 0 unspecified atom stereocenters. The maximum absolute atomic E-state index is 5.89. The lowest BCUT2D eigenvalue weighted by molar-refractivity contribution is -0.0517. The summed E-state index contributed by atoms with van der Waals surface area (Å²) in [6.45, 7) is 3.02. The van der Waals surface area contributed by atoms with E-state index in [0.717, 1.165) is 37.5 Å². The molecule has 0 aromatic carbocycles. The van der Waals surface area contributed by atoms with Gasteiger partial charge >= 0.3 is 0 Å². The zero-order chi connectivity index (χ0) is 15.3. The molecular formula is C17H26N4O. The molecule has 4 atom stereocenters. The number of fused-ring (bicyclic) bond motifs is 2. The third-order valence-corrected chi connectivity index (χ3v) is 5.63. The lowest BCUT2D eigenvalue weighted by Gasteiger charge is -2.50. The largest absolute Gasteiger partial charge is 0.376 e. The minimum absolute atomic E-state index is 0.381. The SMILES string of the molecule is Cc1nc(N[C@H]2[C@H]3CCO[C@H]3[C@@H]2N(C)C)nc2c1CCCC2. The Hall–Kier alpha value is -1.20. The summed E-state index contributed by atoms with van der Waals surface area (Å²) in [4.78, 5) is 11.8. The molecule has 4 rings (SSSR count). The van der Waals surface area contributed by atoms with Crippen molar-refractivity contribution in [3.8, 4) is 0 Å². The summed E-state index contributed by atoms with van der Waals surface area (Å²) in [6.07, 6.45) is 6.30. The van der Waals surface area contributed by atoms with Gasteiger partial charge in [0.2, 0.25) is 5.95 Å². The summed E-state index contributed by atoms with van der Waals surface area (Å²) >= 11 is 0. The Morgan fingerprint density at radius 2 is 2.00 bits per heavy atom.